The number of hydrogen-bond donors (Lipinski definition) is 2. The van der Waals surface area contributed by atoms with E-state index >= 15 is 0 Å². The summed E-state index contributed by atoms with van der Waals surface area (Å²) < 4.78 is 26.8. The first kappa shape index (κ1) is 16.1. The van der Waals surface area contributed by atoms with E-state index in [9.17, 15) is 13.6 Å². The first-order valence-electron chi connectivity index (χ1n) is 7.03. The molecule has 0 aliphatic rings. The van der Waals surface area contributed by atoms with E-state index in [1.54, 1.807) is 31.2 Å². The van der Waals surface area contributed by atoms with Gasteiger partial charge in [-0.15, -0.1) is 0 Å². The maximum atomic E-state index is 13.8. The molecular weight excluding hydrogens is 336 g/mol. The number of halogens is 3. The lowest BCUT2D eigenvalue weighted by Gasteiger charge is -2.09. The summed E-state index contributed by atoms with van der Waals surface area (Å²) in [5.41, 5.74) is 1.77. The summed E-state index contributed by atoms with van der Waals surface area (Å²) in [4.78, 5) is 12.3. The molecule has 3 rings (SSSR count). The highest BCUT2D eigenvalue weighted by molar-refractivity contribution is 6.33. The highest BCUT2D eigenvalue weighted by Crippen LogP contribution is 2.33. The van der Waals surface area contributed by atoms with E-state index in [1.807, 2.05) is 0 Å². The maximum absolute atomic E-state index is 13.8. The lowest BCUT2D eigenvalue weighted by molar-refractivity contribution is 0.102. The summed E-state index contributed by atoms with van der Waals surface area (Å²) in [6.07, 6.45) is 0. The SMILES string of the molecule is Cc1[nH]nc(-c2ccccc2Cl)c1NC(=O)c1ccc(F)cc1F. The van der Waals surface area contributed by atoms with Gasteiger partial charge in [0.05, 0.1) is 22.0 Å². The molecule has 0 saturated carbocycles. The Morgan fingerprint density at radius 2 is 1.96 bits per heavy atom. The van der Waals surface area contributed by atoms with Crippen molar-refractivity contribution < 1.29 is 13.6 Å². The summed E-state index contributed by atoms with van der Waals surface area (Å²) in [6.45, 7) is 1.71. The fourth-order valence-electron chi connectivity index (χ4n) is 2.28. The van der Waals surface area contributed by atoms with Gasteiger partial charge in [-0.25, -0.2) is 8.78 Å². The van der Waals surface area contributed by atoms with Gasteiger partial charge in [0, 0.05) is 11.6 Å². The van der Waals surface area contributed by atoms with Gasteiger partial charge < -0.3 is 5.32 Å². The molecule has 24 heavy (non-hydrogen) atoms. The van der Waals surface area contributed by atoms with E-state index in [0.29, 0.717) is 33.7 Å². The third-order valence-electron chi connectivity index (χ3n) is 3.49. The third kappa shape index (κ3) is 3.00. The fraction of sp³-hybridized carbons (Fsp3) is 0.0588. The normalized spacial score (nSPS) is 10.7. The minimum absolute atomic E-state index is 0.262. The topological polar surface area (TPSA) is 57.8 Å². The van der Waals surface area contributed by atoms with Gasteiger partial charge in [0.2, 0.25) is 0 Å². The van der Waals surface area contributed by atoms with Gasteiger partial charge in [0.15, 0.2) is 0 Å². The summed E-state index contributed by atoms with van der Waals surface area (Å²) in [6, 6.07) is 9.79. The van der Waals surface area contributed by atoms with Gasteiger partial charge in [0.25, 0.3) is 5.91 Å². The van der Waals surface area contributed by atoms with Crippen LogP contribution >= 0.6 is 11.6 Å². The van der Waals surface area contributed by atoms with Gasteiger partial charge in [-0.3, -0.25) is 9.89 Å². The second-order valence-electron chi connectivity index (χ2n) is 5.13. The highest BCUT2D eigenvalue weighted by atomic mass is 35.5. The van der Waals surface area contributed by atoms with E-state index < -0.39 is 17.5 Å². The number of carbonyl (C=O) groups is 1. The second-order valence-corrected chi connectivity index (χ2v) is 5.54. The Balaban J connectivity index is 1.98. The number of benzene rings is 2. The third-order valence-corrected chi connectivity index (χ3v) is 3.82. The quantitative estimate of drug-likeness (QED) is 0.729. The van der Waals surface area contributed by atoms with E-state index in [2.05, 4.69) is 15.5 Å². The molecule has 0 spiro atoms. The zero-order chi connectivity index (χ0) is 17.3. The molecule has 0 aliphatic heterocycles. The number of aromatic amines is 1. The minimum atomic E-state index is -0.937. The number of rotatable bonds is 3. The number of amides is 1. The van der Waals surface area contributed by atoms with Crippen LogP contribution in [0.4, 0.5) is 14.5 Å². The van der Waals surface area contributed by atoms with Gasteiger partial charge >= 0.3 is 0 Å². The number of H-pyrrole nitrogens is 1. The molecule has 0 bridgehead atoms. The summed E-state index contributed by atoms with van der Waals surface area (Å²) in [5, 5.41) is 9.99. The molecule has 0 fully saturated rings. The van der Waals surface area contributed by atoms with Crippen molar-refractivity contribution in [1.29, 1.82) is 0 Å². The summed E-state index contributed by atoms with van der Waals surface area (Å²) >= 11 is 6.17. The largest absolute Gasteiger partial charge is 0.318 e. The van der Waals surface area contributed by atoms with Crippen LogP contribution in [-0.4, -0.2) is 16.1 Å². The number of aromatic nitrogens is 2. The van der Waals surface area contributed by atoms with E-state index in [1.165, 1.54) is 0 Å². The lowest BCUT2D eigenvalue weighted by Crippen LogP contribution is -2.14. The Kier molecular flexibility index (Phi) is 4.31. The molecule has 1 heterocycles. The molecule has 3 aromatic rings. The van der Waals surface area contributed by atoms with Crippen molar-refractivity contribution in [2.75, 3.05) is 5.32 Å². The van der Waals surface area contributed by atoms with Crippen LogP contribution < -0.4 is 5.32 Å². The molecule has 1 amide bonds. The second kappa shape index (κ2) is 6.41. The number of hydrogen-bond acceptors (Lipinski definition) is 2. The maximum Gasteiger partial charge on any atom is 0.258 e. The Hall–Kier alpha value is -2.73. The van der Waals surface area contributed by atoms with Crippen LogP contribution in [0.3, 0.4) is 0 Å². The first-order chi connectivity index (χ1) is 11.5. The van der Waals surface area contributed by atoms with Crippen molar-refractivity contribution in [2.24, 2.45) is 0 Å². The summed E-state index contributed by atoms with van der Waals surface area (Å²) in [5.74, 6) is -2.39. The number of aryl methyl sites for hydroxylation is 1. The smallest absolute Gasteiger partial charge is 0.258 e. The lowest BCUT2D eigenvalue weighted by atomic mass is 10.1. The van der Waals surface area contributed by atoms with Crippen LogP contribution in [0.1, 0.15) is 16.1 Å². The van der Waals surface area contributed by atoms with Crippen molar-refractivity contribution in [1.82, 2.24) is 10.2 Å². The zero-order valence-electron chi connectivity index (χ0n) is 12.5. The average Bonchev–Trinajstić information content (AvgIpc) is 2.88. The number of nitrogens with zero attached hydrogens (tertiary/aromatic N) is 1. The van der Waals surface area contributed by atoms with Crippen LogP contribution in [0.5, 0.6) is 0 Å². The van der Waals surface area contributed by atoms with Crippen molar-refractivity contribution >= 4 is 23.2 Å². The van der Waals surface area contributed by atoms with Crippen LogP contribution in [0.2, 0.25) is 5.02 Å². The van der Waals surface area contributed by atoms with Gasteiger partial charge in [-0.05, 0) is 25.1 Å². The Morgan fingerprint density at radius 1 is 1.21 bits per heavy atom. The predicted octanol–water partition coefficient (Wildman–Crippen LogP) is 4.57. The molecule has 0 unspecified atom stereocenters. The van der Waals surface area contributed by atoms with Gasteiger partial charge in [0.1, 0.15) is 17.3 Å². The highest BCUT2D eigenvalue weighted by Gasteiger charge is 2.19. The van der Waals surface area contributed by atoms with Gasteiger partial charge in [-0.1, -0.05) is 29.8 Å². The first-order valence-corrected chi connectivity index (χ1v) is 7.41. The Morgan fingerprint density at radius 3 is 2.67 bits per heavy atom. The Bertz CT molecular complexity index is 924. The molecule has 0 saturated heterocycles. The molecule has 2 N–H and O–H groups in total. The van der Waals surface area contributed by atoms with E-state index in [0.717, 1.165) is 12.1 Å². The monoisotopic (exact) mass is 347 g/mol. The predicted molar refractivity (Wildman–Crippen MR) is 88.1 cm³/mol. The van der Waals surface area contributed by atoms with Crippen molar-refractivity contribution in [3.8, 4) is 11.3 Å². The standard InChI is InChI=1S/C17H12ClF2N3O/c1-9-15(16(23-22-9)11-4-2-3-5-13(11)18)21-17(24)12-7-6-10(19)8-14(12)20/h2-8H,1H3,(H,21,24)(H,22,23). The molecule has 1 aromatic heterocycles. The summed E-state index contributed by atoms with van der Waals surface area (Å²) in [7, 11) is 0. The molecule has 0 atom stereocenters. The van der Waals surface area contributed by atoms with E-state index in [4.69, 9.17) is 11.6 Å². The molecule has 0 aliphatic carbocycles. The molecule has 2 aromatic carbocycles. The van der Waals surface area contributed by atoms with Crippen LogP contribution in [0.25, 0.3) is 11.3 Å². The molecular formula is C17H12ClF2N3O. The zero-order valence-corrected chi connectivity index (χ0v) is 13.3. The van der Waals surface area contributed by atoms with Crippen molar-refractivity contribution in [2.45, 2.75) is 6.92 Å². The van der Waals surface area contributed by atoms with Crippen LogP contribution in [-0.2, 0) is 0 Å². The average molecular weight is 348 g/mol. The fourth-order valence-corrected chi connectivity index (χ4v) is 2.51. The number of nitrogens with one attached hydrogen (secondary N) is 2. The van der Waals surface area contributed by atoms with Crippen molar-refractivity contribution in [3.05, 3.63) is 70.4 Å². The molecule has 4 nitrogen and oxygen atoms in total. The molecule has 122 valence electrons. The van der Waals surface area contributed by atoms with Gasteiger partial charge in [-0.2, -0.15) is 5.10 Å². The van der Waals surface area contributed by atoms with Crippen molar-refractivity contribution in [3.63, 3.8) is 0 Å². The number of carbonyl (C=O) groups excluding carboxylic acids is 1. The van der Waals surface area contributed by atoms with Crippen LogP contribution in [0.15, 0.2) is 42.5 Å². The minimum Gasteiger partial charge on any atom is -0.318 e. The Labute approximate surface area is 141 Å². The molecule has 0 radical (unpaired) electrons. The van der Waals surface area contributed by atoms with Crippen LogP contribution in [0, 0.1) is 18.6 Å². The molecule has 7 heteroatoms. The van der Waals surface area contributed by atoms with E-state index in [-0.39, 0.29) is 5.56 Å². The number of anilines is 1.